The molecule has 0 amide bonds. The molecule has 1 aromatic heterocycles. The molecule has 204 valence electrons. The van der Waals surface area contributed by atoms with Gasteiger partial charge in [-0.15, -0.1) is 0 Å². The van der Waals surface area contributed by atoms with Gasteiger partial charge >= 0.3 is 5.97 Å². The average molecular weight is 559 g/mol. The molecule has 5 rings (SSSR count). The summed E-state index contributed by atoms with van der Waals surface area (Å²) in [5, 5.41) is 10.5. The van der Waals surface area contributed by atoms with Crippen molar-refractivity contribution in [3.8, 4) is 23.0 Å². The molecule has 40 heavy (non-hydrogen) atoms. The molecule has 0 atom stereocenters. The molecule has 1 aliphatic rings. The molecule has 0 bridgehead atoms. The molecular weight excluding hydrogens is 532 g/mol. The number of nitrogens with zero attached hydrogens (tertiary/aromatic N) is 2. The minimum Gasteiger partial charge on any atom is -0.496 e. The Hall–Kier alpha value is -4.56. The number of carboxylic acid groups (broad SMARTS) is 1. The van der Waals surface area contributed by atoms with E-state index in [4.69, 9.17) is 25.8 Å². The normalized spacial score (nSPS) is 12.5. The first kappa shape index (κ1) is 27.0. The third-order valence-electron chi connectivity index (χ3n) is 6.59. The minimum absolute atomic E-state index is 0.0707. The number of ketones is 1. The maximum atomic E-state index is 13.3. The van der Waals surface area contributed by atoms with Gasteiger partial charge in [-0.05, 0) is 73.4 Å². The SMILES string of the molecule is COc1cc(OC)cc(Oc2ccc(C(=O)c3ccc(N(CC4CC4)c4ccc(Cl)cc4)cn3)cc2C(=O)O)c1. The van der Waals surface area contributed by atoms with Crippen molar-refractivity contribution in [2.24, 2.45) is 5.92 Å². The molecule has 0 aliphatic heterocycles. The first-order valence-electron chi connectivity index (χ1n) is 12.7. The fourth-order valence-electron chi connectivity index (χ4n) is 4.26. The monoisotopic (exact) mass is 558 g/mol. The molecule has 1 N–H and O–H groups in total. The number of methoxy groups -OCH3 is 2. The van der Waals surface area contributed by atoms with Crippen molar-refractivity contribution in [2.75, 3.05) is 25.7 Å². The van der Waals surface area contributed by atoms with Crippen LogP contribution in [0.2, 0.25) is 5.02 Å². The Morgan fingerprint density at radius 1 is 0.900 bits per heavy atom. The lowest BCUT2D eigenvalue weighted by Gasteiger charge is -2.25. The Morgan fingerprint density at radius 2 is 1.55 bits per heavy atom. The molecule has 0 saturated heterocycles. The van der Waals surface area contributed by atoms with Crippen LogP contribution in [0.4, 0.5) is 11.4 Å². The van der Waals surface area contributed by atoms with E-state index in [0.29, 0.717) is 28.2 Å². The quantitative estimate of drug-likeness (QED) is 0.196. The number of ether oxygens (including phenoxy) is 3. The fraction of sp³-hybridized carbons (Fsp3) is 0.194. The zero-order valence-corrected chi connectivity index (χ0v) is 22.7. The summed E-state index contributed by atoms with van der Waals surface area (Å²) in [5.74, 6) is 0.349. The number of aromatic carboxylic acids is 1. The van der Waals surface area contributed by atoms with Crippen molar-refractivity contribution in [1.29, 1.82) is 0 Å². The summed E-state index contributed by atoms with van der Waals surface area (Å²) < 4.78 is 16.3. The van der Waals surface area contributed by atoms with E-state index in [1.54, 1.807) is 30.5 Å². The number of carbonyl (C=O) groups excluding carboxylic acids is 1. The molecule has 0 spiro atoms. The molecule has 0 radical (unpaired) electrons. The highest BCUT2D eigenvalue weighted by Gasteiger charge is 2.26. The summed E-state index contributed by atoms with van der Waals surface area (Å²) in [6.45, 7) is 0.846. The van der Waals surface area contributed by atoms with Gasteiger partial charge < -0.3 is 24.2 Å². The number of aromatic nitrogens is 1. The lowest BCUT2D eigenvalue weighted by atomic mass is 10.0. The lowest BCUT2D eigenvalue weighted by Crippen LogP contribution is -2.20. The van der Waals surface area contributed by atoms with E-state index in [9.17, 15) is 14.7 Å². The van der Waals surface area contributed by atoms with E-state index in [1.807, 2.05) is 30.3 Å². The van der Waals surface area contributed by atoms with Crippen molar-refractivity contribution in [3.63, 3.8) is 0 Å². The van der Waals surface area contributed by atoms with Crippen molar-refractivity contribution in [1.82, 2.24) is 4.98 Å². The highest BCUT2D eigenvalue weighted by molar-refractivity contribution is 6.30. The second-order valence-corrected chi connectivity index (χ2v) is 9.86. The van der Waals surface area contributed by atoms with Gasteiger partial charge in [0, 0.05) is 41.0 Å². The number of pyridine rings is 1. The highest BCUT2D eigenvalue weighted by atomic mass is 35.5. The number of carbonyl (C=O) groups is 2. The topological polar surface area (TPSA) is 98.2 Å². The standard InChI is InChI=1S/C31H27ClN2O6/c1-38-24-14-25(39-2)16-26(15-24)40-29-12-5-20(13-27(29)31(36)37)30(35)28-11-10-23(17-33-28)34(18-19-3-4-19)22-8-6-21(32)7-9-22/h5-17,19H,3-4,18H2,1-2H3,(H,36,37). The first-order chi connectivity index (χ1) is 19.3. The zero-order chi connectivity index (χ0) is 28.2. The van der Waals surface area contributed by atoms with E-state index < -0.39 is 11.8 Å². The van der Waals surface area contributed by atoms with Gasteiger partial charge in [-0.3, -0.25) is 9.78 Å². The molecule has 1 heterocycles. The van der Waals surface area contributed by atoms with Crippen molar-refractivity contribution < 1.29 is 28.9 Å². The Morgan fingerprint density at radius 3 is 2.12 bits per heavy atom. The number of rotatable bonds is 11. The summed E-state index contributed by atoms with van der Waals surface area (Å²) in [4.78, 5) is 31.9. The third kappa shape index (κ3) is 6.18. The number of anilines is 2. The van der Waals surface area contributed by atoms with Gasteiger partial charge in [-0.25, -0.2) is 4.79 Å². The number of benzene rings is 3. The maximum absolute atomic E-state index is 13.3. The van der Waals surface area contributed by atoms with Crippen LogP contribution in [0.5, 0.6) is 23.0 Å². The van der Waals surface area contributed by atoms with Gasteiger partial charge in [0.05, 0.1) is 26.1 Å². The summed E-state index contributed by atoms with van der Waals surface area (Å²) in [6.07, 6.45) is 4.03. The summed E-state index contributed by atoms with van der Waals surface area (Å²) in [7, 11) is 3.01. The number of hydrogen-bond donors (Lipinski definition) is 1. The number of halogens is 1. The van der Waals surface area contributed by atoms with Crippen LogP contribution >= 0.6 is 11.6 Å². The second-order valence-electron chi connectivity index (χ2n) is 9.43. The Kier molecular flexibility index (Phi) is 7.89. The van der Waals surface area contributed by atoms with E-state index in [1.165, 1.54) is 45.3 Å². The van der Waals surface area contributed by atoms with E-state index in [2.05, 4.69) is 9.88 Å². The van der Waals surface area contributed by atoms with Gasteiger partial charge in [-0.2, -0.15) is 0 Å². The Labute approximate surface area is 236 Å². The largest absolute Gasteiger partial charge is 0.496 e. The van der Waals surface area contributed by atoms with Gasteiger partial charge in [0.15, 0.2) is 0 Å². The van der Waals surface area contributed by atoms with E-state index >= 15 is 0 Å². The minimum atomic E-state index is -1.23. The molecular formula is C31H27ClN2O6. The summed E-state index contributed by atoms with van der Waals surface area (Å²) in [6, 6.07) is 20.3. The predicted octanol–water partition coefficient (Wildman–Crippen LogP) is 7.02. The van der Waals surface area contributed by atoms with Crippen LogP contribution in [0, 0.1) is 5.92 Å². The van der Waals surface area contributed by atoms with Crippen LogP contribution < -0.4 is 19.1 Å². The molecule has 8 nitrogen and oxygen atoms in total. The molecule has 3 aromatic carbocycles. The van der Waals surface area contributed by atoms with E-state index in [0.717, 1.165) is 17.9 Å². The lowest BCUT2D eigenvalue weighted by molar-refractivity contribution is 0.0694. The van der Waals surface area contributed by atoms with Gasteiger partial charge in [-0.1, -0.05) is 11.6 Å². The maximum Gasteiger partial charge on any atom is 0.339 e. The predicted molar refractivity (Wildman–Crippen MR) is 152 cm³/mol. The molecule has 1 aliphatic carbocycles. The van der Waals surface area contributed by atoms with Crippen molar-refractivity contribution in [2.45, 2.75) is 12.8 Å². The first-order valence-corrected chi connectivity index (χ1v) is 13.0. The van der Waals surface area contributed by atoms with Crippen molar-refractivity contribution >= 4 is 34.7 Å². The molecule has 9 heteroatoms. The second kappa shape index (κ2) is 11.7. The molecule has 4 aromatic rings. The van der Waals surface area contributed by atoms with E-state index in [-0.39, 0.29) is 22.6 Å². The molecule has 0 unspecified atom stereocenters. The highest BCUT2D eigenvalue weighted by Crippen LogP contribution is 2.36. The summed E-state index contributed by atoms with van der Waals surface area (Å²) in [5.41, 5.74) is 2.07. The number of hydrogen-bond acceptors (Lipinski definition) is 7. The van der Waals surface area contributed by atoms with Gasteiger partial charge in [0.2, 0.25) is 5.78 Å². The van der Waals surface area contributed by atoms with Crippen LogP contribution in [0.15, 0.2) is 79.0 Å². The zero-order valence-electron chi connectivity index (χ0n) is 22.0. The average Bonchev–Trinajstić information content (AvgIpc) is 3.80. The third-order valence-corrected chi connectivity index (χ3v) is 6.85. The van der Waals surface area contributed by atoms with Crippen molar-refractivity contribution in [3.05, 3.63) is 101 Å². The molecule has 1 fully saturated rings. The van der Waals surface area contributed by atoms with Crippen LogP contribution in [0.25, 0.3) is 0 Å². The smallest absolute Gasteiger partial charge is 0.339 e. The van der Waals surface area contributed by atoms with Crippen LogP contribution in [-0.4, -0.2) is 42.6 Å². The summed E-state index contributed by atoms with van der Waals surface area (Å²) >= 11 is 6.08. The van der Waals surface area contributed by atoms with Crippen LogP contribution in [0.1, 0.15) is 39.3 Å². The fourth-order valence-corrected chi connectivity index (χ4v) is 4.39. The Bertz CT molecular complexity index is 1510. The Balaban J connectivity index is 1.39. The van der Waals surface area contributed by atoms with Crippen LogP contribution in [0.3, 0.4) is 0 Å². The van der Waals surface area contributed by atoms with Crippen LogP contribution in [-0.2, 0) is 0 Å². The number of carboxylic acids is 1. The van der Waals surface area contributed by atoms with Gasteiger partial charge in [0.25, 0.3) is 0 Å². The van der Waals surface area contributed by atoms with Gasteiger partial charge in [0.1, 0.15) is 34.3 Å². The molecule has 1 saturated carbocycles.